The molecule has 0 heterocycles. The topological polar surface area (TPSA) is 124 Å². The number of carboxylic acids is 1. The van der Waals surface area contributed by atoms with Crippen molar-refractivity contribution in [2.24, 2.45) is 0 Å². The molecule has 0 atom stereocenters. The summed E-state index contributed by atoms with van der Waals surface area (Å²) in [7, 11) is 0. The number of nitro benzene ring substituents is 2. The maximum absolute atomic E-state index is 10.8. The molecule has 0 saturated carbocycles. The summed E-state index contributed by atoms with van der Waals surface area (Å²) in [6.45, 7) is 0. The zero-order valence-corrected chi connectivity index (χ0v) is 10.4. The average molecular weight is 288 g/mol. The van der Waals surface area contributed by atoms with Crippen molar-refractivity contribution in [2.75, 3.05) is 0 Å². The maximum Gasteiger partial charge on any atom is 0.335 e. The second-order valence-electron chi connectivity index (χ2n) is 4.13. The first-order chi connectivity index (χ1) is 9.88. The van der Waals surface area contributed by atoms with Gasteiger partial charge in [-0.2, -0.15) is 0 Å². The number of aromatic carboxylic acids is 1. The molecular formula is C13H8N2O6. The van der Waals surface area contributed by atoms with Gasteiger partial charge in [-0.25, -0.2) is 4.79 Å². The Morgan fingerprint density at radius 2 is 1.33 bits per heavy atom. The molecule has 0 saturated heterocycles. The van der Waals surface area contributed by atoms with Crippen LogP contribution in [0, 0.1) is 20.2 Å². The second-order valence-corrected chi connectivity index (χ2v) is 4.13. The smallest absolute Gasteiger partial charge is 0.335 e. The Bertz CT molecular complexity index is 707. The van der Waals surface area contributed by atoms with Gasteiger partial charge >= 0.3 is 5.97 Å². The third kappa shape index (κ3) is 3.00. The zero-order valence-electron chi connectivity index (χ0n) is 10.4. The van der Waals surface area contributed by atoms with Crippen LogP contribution in [0.25, 0.3) is 11.1 Å². The minimum Gasteiger partial charge on any atom is -0.478 e. The molecule has 2 rings (SSSR count). The van der Waals surface area contributed by atoms with Crippen molar-refractivity contribution >= 4 is 17.3 Å². The third-order valence-electron chi connectivity index (χ3n) is 2.79. The number of non-ortho nitro benzene ring substituents is 2. The summed E-state index contributed by atoms with van der Waals surface area (Å²) in [6, 6.07) is 8.78. The zero-order chi connectivity index (χ0) is 15.6. The Labute approximate surface area is 117 Å². The number of carbonyl (C=O) groups is 1. The maximum atomic E-state index is 10.8. The van der Waals surface area contributed by atoms with Crippen LogP contribution in [0.1, 0.15) is 10.4 Å². The van der Waals surface area contributed by atoms with Gasteiger partial charge in [0.05, 0.1) is 21.5 Å². The van der Waals surface area contributed by atoms with Crippen molar-refractivity contribution in [3.05, 3.63) is 68.3 Å². The van der Waals surface area contributed by atoms with Crippen LogP contribution in [0.2, 0.25) is 0 Å². The van der Waals surface area contributed by atoms with E-state index in [-0.39, 0.29) is 11.1 Å². The molecule has 2 aromatic carbocycles. The Hall–Kier alpha value is -3.29. The Kier molecular flexibility index (Phi) is 3.61. The van der Waals surface area contributed by atoms with Crippen LogP contribution in [-0.4, -0.2) is 20.9 Å². The van der Waals surface area contributed by atoms with E-state index in [1.165, 1.54) is 36.4 Å². The molecule has 8 heteroatoms. The molecule has 0 aromatic heterocycles. The minimum absolute atomic E-state index is 0.0543. The van der Waals surface area contributed by atoms with E-state index in [0.717, 1.165) is 6.07 Å². The fourth-order valence-corrected chi connectivity index (χ4v) is 1.78. The highest BCUT2D eigenvalue weighted by Gasteiger charge is 2.17. The van der Waals surface area contributed by atoms with Crippen molar-refractivity contribution in [3.8, 4) is 11.1 Å². The largest absolute Gasteiger partial charge is 0.478 e. The van der Waals surface area contributed by atoms with Gasteiger partial charge in [0.15, 0.2) is 0 Å². The summed E-state index contributed by atoms with van der Waals surface area (Å²) in [5, 5.41) is 30.4. The van der Waals surface area contributed by atoms with Crippen LogP contribution in [0.5, 0.6) is 0 Å². The molecule has 0 aliphatic carbocycles. The summed E-state index contributed by atoms with van der Waals surface area (Å²) < 4.78 is 0. The van der Waals surface area contributed by atoms with Crippen molar-refractivity contribution in [3.63, 3.8) is 0 Å². The number of hydrogen-bond donors (Lipinski definition) is 1. The third-order valence-corrected chi connectivity index (χ3v) is 2.79. The van der Waals surface area contributed by atoms with Gasteiger partial charge in [0.2, 0.25) is 0 Å². The molecule has 0 fully saturated rings. The van der Waals surface area contributed by atoms with Crippen LogP contribution in [0.3, 0.4) is 0 Å². The van der Waals surface area contributed by atoms with E-state index in [9.17, 15) is 25.0 Å². The highest BCUT2D eigenvalue weighted by Crippen LogP contribution is 2.29. The van der Waals surface area contributed by atoms with E-state index >= 15 is 0 Å². The molecule has 106 valence electrons. The molecular weight excluding hydrogens is 280 g/mol. The number of nitrogens with zero attached hydrogens (tertiary/aromatic N) is 2. The minimum atomic E-state index is -1.11. The predicted octanol–water partition coefficient (Wildman–Crippen LogP) is 2.87. The summed E-state index contributed by atoms with van der Waals surface area (Å²) in [4.78, 5) is 30.9. The molecule has 0 aliphatic heterocycles. The number of benzene rings is 2. The van der Waals surface area contributed by atoms with E-state index in [1.54, 1.807) is 0 Å². The standard InChI is InChI=1S/C13H8N2O6/c16-13(17)9-3-1-8(2-4-9)10-5-11(14(18)19)7-12(6-10)15(20)21/h1-7H,(H,16,17). The van der Waals surface area contributed by atoms with Crippen LogP contribution in [0.15, 0.2) is 42.5 Å². The molecule has 1 N–H and O–H groups in total. The van der Waals surface area contributed by atoms with Crippen molar-refractivity contribution in [1.29, 1.82) is 0 Å². The van der Waals surface area contributed by atoms with Gasteiger partial charge in [-0.3, -0.25) is 20.2 Å². The van der Waals surface area contributed by atoms with E-state index in [1.807, 2.05) is 0 Å². The Morgan fingerprint density at radius 3 is 1.71 bits per heavy atom. The highest BCUT2D eigenvalue weighted by atomic mass is 16.6. The normalized spacial score (nSPS) is 10.1. The van der Waals surface area contributed by atoms with Crippen LogP contribution >= 0.6 is 0 Å². The summed E-state index contributed by atoms with van der Waals surface area (Å²) in [6.07, 6.45) is 0. The van der Waals surface area contributed by atoms with Crippen molar-refractivity contribution in [1.82, 2.24) is 0 Å². The highest BCUT2D eigenvalue weighted by molar-refractivity contribution is 5.88. The lowest BCUT2D eigenvalue weighted by Crippen LogP contribution is -1.96. The van der Waals surface area contributed by atoms with Gasteiger partial charge in [0.1, 0.15) is 0 Å². The monoisotopic (exact) mass is 288 g/mol. The molecule has 0 amide bonds. The fraction of sp³-hybridized carbons (Fsp3) is 0. The molecule has 0 aliphatic rings. The van der Waals surface area contributed by atoms with Gasteiger partial charge < -0.3 is 5.11 Å². The summed E-state index contributed by atoms with van der Waals surface area (Å²) >= 11 is 0. The Balaban J connectivity index is 2.54. The summed E-state index contributed by atoms with van der Waals surface area (Å²) in [5.41, 5.74) is -0.0265. The first kappa shape index (κ1) is 14.1. The molecule has 0 unspecified atom stereocenters. The average Bonchev–Trinajstić information content (AvgIpc) is 2.46. The number of hydrogen-bond acceptors (Lipinski definition) is 5. The van der Waals surface area contributed by atoms with Crippen LogP contribution in [-0.2, 0) is 0 Å². The van der Waals surface area contributed by atoms with Gasteiger partial charge in [-0.15, -0.1) is 0 Å². The van der Waals surface area contributed by atoms with E-state index in [0.29, 0.717) is 5.56 Å². The molecule has 8 nitrogen and oxygen atoms in total. The van der Waals surface area contributed by atoms with Crippen molar-refractivity contribution in [2.45, 2.75) is 0 Å². The van der Waals surface area contributed by atoms with Gasteiger partial charge in [-0.1, -0.05) is 12.1 Å². The molecule has 2 aromatic rings. The van der Waals surface area contributed by atoms with Crippen molar-refractivity contribution < 1.29 is 19.7 Å². The van der Waals surface area contributed by atoms with E-state index in [4.69, 9.17) is 5.11 Å². The first-order valence-electron chi connectivity index (χ1n) is 5.66. The molecule has 0 spiro atoms. The predicted molar refractivity (Wildman–Crippen MR) is 72.1 cm³/mol. The molecule has 0 radical (unpaired) electrons. The Morgan fingerprint density at radius 1 is 0.857 bits per heavy atom. The molecule has 0 bridgehead atoms. The fourth-order valence-electron chi connectivity index (χ4n) is 1.78. The number of rotatable bonds is 4. The number of nitro groups is 2. The SMILES string of the molecule is O=C(O)c1ccc(-c2cc([N+](=O)[O-])cc([N+](=O)[O-])c2)cc1. The van der Waals surface area contributed by atoms with Crippen LogP contribution < -0.4 is 0 Å². The quantitative estimate of drug-likeness (QED) is 0.681. The first-order valence-corrected chi connectivity index (χ1v) is 5.66. The van der Waals surface area contributed by atoms with E-state index < -0.39 is 27.2 Å². The number of carboxylic acid groups (broad SMARTS) is 1. The lowest BCUT2D eigenvalue weighted by molar-refractivity contribution is -0.394. The van der Waals surface area contributed by atoms with Crippen LogP contribution in [0.4, 0.5) is 11.4 Å². The lowest BCUT2D eigenvalue weighted by Gasteiger charge is -2.03. The second kappa shape index (κ2) is 5.37. The lowest BCUT2D eigenvalue weighted by atomic mass is 10.0. The van der Waals surface area contributed by atoms with E-state index in [2.05, 4.69) is 0 Å². The van der Waals surface area contributed by atoms with Gasteiger partial charge in [0, 0.05) is 12.1 Å². The van der Waals surface area contributed by atoms with Gasteiger partial charge in [0.25, 0.3) is 11.4 Å². The molecule has 21 heavy (non-hydrogen) atoms. The summed E-state index contributed by atoms with van der Waals surface area (Å²) in [5.74, 6) is -1.11. The van der Waals surface area contributed by atoms with Gasteiger partial charge in [-0.05, 0) is 23.3 Å².